The number of nitrogens with one attached hydrogen (secondary N) is 2. The van der Waals surface area contributed by atoms with Crippen molar-refractivity contribution in [2.45, 2.75) is 23.8 Å². The number of nitrogens with zero attached hydrogens (tertiary/aromatic N) is 1. The summed E-state index contributed by atoms with van der Waals surface area (Å²) in [5, 5.41) is 5.39. The Morgan fingerprint density at radius 1 is 1.40 bits per heavy atom. The molecule has 0 aliphatic heterocycles. The summed E-state index contributed by atoms with van der Waals surface area (Å²) in [6, 6.07) is 5.90. The minimum absolute atomic E-state index is 0.0738. The van der Waals surface area contributed by atoms with E-state index in [1.165, 1.54) is 23.9 Å². The van der Waals surface area contributed by atoms with Gasteiger partial charge >= 0.3 is 6.03 Å². The van der Waals surface area contributed by atoms with E-state index in [0.717, 1.165) is 17.7 Å². The fraction of sp³-hybridized carbons (Fsp3) is 0.222. The summed E-state index contributed by atoms with van der Waals surface area (Å²) in [6.45, 7) is 3.72. The molecule has 2 amide bonds. The molecule has 0 saturated heterocycles. The molecular formula is C18H18FN3O2S. The molecule has 7 heteroatoms. The molecule has 1 fully saturated rings. The van der Waals surface area contributed by atoms with Crippen LogP contribution < -0.4 is 15.4 Å². The zero-order valence-electron chi connectivity index (χ0n) is 13.7. The van der Waals surface area contributed by atoms with Gasteiger partial charge < -0.3 is 15.4 Å². The molecule has 0 spiro atoms. The number of benzene rings is 1. The Kier molecular flexibility index (Phi) is 5.23. The first-order valence-corrected chi connectivity index (χ1v) is 9.03. The average molecular weight is 359 g/mol. The second-order valence-corrected chi connectivity index (χ2v) is 6.37. The van der Waals surface area contributed by atoms with Crippen LogP contribution in [-0.2, 0) is 0 Å². The lowest BCUT2D eigenvalue weighted by atomic mass is 10.3. The maximum absolute atomic E-state index is 14.3. The third kappa shape index (κ3) is 4.30. The lowest BCUT2D eigenvalue weighted by Crippen LogP contribution is -2.30. The maximum atomic E-state index is 14.3. The van der Waals surface area contributed by atoms with Gasteiger partial charge in [-0.05, 0) is 37.3 Å². The summed E-state index contributed by atoms with van der Waals surface area (Å²) >= 11 is 1.45. The van der Waals surface area contributed by atoms with Crippen LogP contribution in [0.4, 0.5) is 14.9 Å². The van der Waals surface area contributed by atoms with Gasteiger partial charge in [0.2, 0.25) is 0 Å². The molecule has 130 valence electrons. The number of amides is 2. The van der Waals surface area contributed by atoms with Gasteiger partial charge in [0.15, 0.2) is 11.6 Å². The summed E-state index contributed by atoms with van der Waals surface area (Å²) in [4.78, 5) is 16.7. The van der Waals surface area contributed by atoms with Crippen molar-refractivity contribution in [3.63, 3.8) is 0 Å². The number of hydrogen-bond donors (Lipinski definition) is 2. The smallest absolute Gasteiger partial charge is 0.319 e. The van der Waals surface area contributed by atoms with E-state index in [1.54, 1.807) is 24.4 Å². The number of hydrogen-bond acceptors (Lipinski definition) is 4. The molecule has 1 aromatic heterocycles. The summed E-state index contributed by atoms with van der Waals surface area (Å²) in [5.41, 5.74) is 1.05. The monoisotopic (exact) mass is 359 g/mol. The summed E-state index contributed by atoms with van der Waals surface area (Å²) in [6.07, 6.45) is 7.08. The SMILES string of the molecule is C=Cc1nccc(Oc2ccc(NC(=O)NC3CC3)cc2F)c1SC. The van der Waals surface area contributed by atoms with Crippen molar-refractivity contribution in [1.29, 1.82) is 0 Å². The third-order valence-corrected chi connectivity index (χ3v) is 4.43. The number of anilines is 1. The Morgan fingerprint density at radius 3 is 2.84 bits per heavy atom. The minimum Gasteiger partial charge on any atom is -0.453 e. The van der Waals surface area contributed by atoms with E-state index in [-0.39, 0.29) is 17.8 Å². The molecule has 2 N–H and O–H groups in total. The number of carbonyl (C=O) groups is 1. The van der Waals surface area contributed by atoms with Gasteiger partial charge in [-0.25, -0.2) is 9.18 Å². The molecule has 1 saturated carbocycles. The predicted octanol–water partition coefficient (Wildman–Crippen LogP) is 4.66. The lowest BCUT2D eigenvalue weighted by Gasteiger charge is -2.13. The van der Waals surface area contributed by atoms with Crippen LogP contribution in [0.5, 0.6) is 11.5 Å². The number of urea groups is 1. The molecule has 0 bridgehead atoms. The first kappa shape index (κ1) is 17.3. The van der Waals surface area contributed by atoms with Crippen molar-refractivity contribution in [2.24, 2.45) is 0 Å². The highest BCUT2D eigenvalue weighted by atomic mass is 32.2. The first-order chi connectivity index (χ1) is 12.1. The van der Waals surface area contributed by atoms with E-state index in [1.807, 2.05) is 6.26 Å². The number of aromatic nitrogens is 1. The van der Waals surface area contributed by atoms with Crippen molar-refractivity contribution in [1.82, 2.24) is 10.3 Å². The minimum atomic E-state index is -0.562. The third-order valence-electron chi connectivity index (χ3n) is 3.62. The standard InChI is InChI=1S/C18H18FN3O2S/c1-3-14-17(25-2)16(8-9-20-14)24-15-7-6-12(10-13(15)19)22-18(23)21-11-4-5-11/h3,6-11H,1,4-5H2,2H3,(H2,21,22,23). The first-order valence-electron chi connectivity index (χ1n) is 7.81. The fourth-order valence-corrected chi connectivity index (χ4v) is 2.89. The molecule has 1 aromatic carbocycles. The van der Waals surface area contributed by atoms with Crippen LogP contribution in [0.25, 0.3) is 6.08 Å². The second-order valence-electron chi connectivity index (χ2n) is 5.55. The van der Waals surface area contributed by atoms with Crippen LogP contribution in [0.2, 0.25) is 0 Å². The average Bonchev–Trinajstić information content (AvgIpc) is 3.40. The molecule has 0 radical (unpaired) electrons. The highest BCUT2D eigenvalue weighted by Gasteiger charge is 2.23. The van der Waals surface area contributed by atoms with Crippen molar-refractivity contribution >= 4 is 29.6 Å². The molecular weight excluding hydrogens is 341 g/mol. The maximum Gasteiger partial charge on any atom is 0.319 e. The zero-order valence-corrected chi connectivity index (χ0v) is 14.5. The van der Waals surface area contributed by atoms with Gasteiger partial charge in [0, 0.05) is 30.1 Å². The number of carbonyl (C=O) groups excluding carboxylic acids is 1. The van der Waals surface area contributed by atoms with Crippen molar-refractivity contribution in [2.75, 3.05) is 11.6 Å². The van der Waals surface area contributed by atoms with E-state index in [4.69, 9.17) is 4.74 Å². The van der Waals surface area contributed by atoms with E-state index in [2.05, 4.69) is 22.2 Å². The Labute approximate surface area is 149 Å². The number of pyridine rings is 1. The Morgan fingerprint density at radius 2 is 2.20 bits per heavy atom. The highest BCUT2D eigenvalue weighted by molar-refractivity contribution is 7.98. The Hall–Kier alpha value is -2.54. The molecule has 2 aromatic rings. The summed E-state index contributed by atoms with van der Waals surface area (Å²) in [7, 11) is 0. The van der Waals surface area contributed by atoms with Gasteiger partial charge in [-0.3, -0.25) is 4.98 Å². The van der Waals surface area contributed by atoms with Gasteiger partial charge in [-0.2, -0.15) is 0 Å². The largest absolute Gasteiger partial charge is 0.453 e. The van der Waals surface area contributed by atoms with E-state index in [0.29, 0.717) is 17.1 Å². The van der Waals surface area contributed by atoms with E-state index in [9.17, 15) is 9.18 Å². The van der Waals surface area contributed by atoms with Gasteiger partial charge in [-0.15, -0.1) is 11.8 Å². The molecule has 1 aliphatic carbocycles. The van der Waals surface area contributed by atoms with Crippen LogP contribution in [0.15, 0.2) is 41.9 Å². The van der Waals surface area contributed by atoms with Gasteiger partial charge in [0.05, 0.1) is 10.6 Å². The Balaban J connectivity index is 1.75. The molecule has 5 nitrogen and oxygen atoms in total. The number of thioether (sulfide) groups is 1. The van der Waals surface area contributed by atoms with Crippen molar-refractivity contribution in [3.05, 3.63) is 48.6 Å². The van der Waals surface area contributed by atoms with E-state index < -0.39 is 5.82 Å². The molecule has 1 heterocycles. The van der Waals surface area contributed by atoms with Crippen LogP contribution in [-0.4, -0.2) is 23.3 Å². The van der Waals surface area contributed by atoms with Crippen LogP contribution in [0, 0.1) is 5.82 Å². The predicted molar refractivity (Wildman–Crippen MR) is 97.8 cm³/mol. The Bertz CT molecular complexity index is 809. The fourth-order valence-electron chi connectivity index (χ4n) is 2.24. The van der Waals surface area contributed by atoms with Crippen molar-refractivity contribution < 1.29 is 13.9 Å². The zero-order chi connectivity index (χ0) is 17.8. The van der Waals surface area contributed by atoms with Gasteiger partial charge in [0.1, 0.15) is 5.75 Å². The molecule has 0 atom stereocenters. The number of rotatable bonds is 6. The van der Waals surface area contributed by atoms with Crippen LogP contribution in [0.1, 0.15) is 18.5 Å². The van der Waals surface area contributed by atoms with Crippen molar-refractivity contribution in [3.8, 4) is 11.5 Å². The van der Waals surface area contributed by atoms with Crippen LogP contribution in [0.3, 0.4) is 0 Å². The molecule has 25 heavy (non-hydrogen) atoms. The van der Waals surface area contributed by atoms with Gasteiger partial charge in [-0.1, -0.05) is 6.58 Å². The highest BCUT2D eigenvalue weighted by Crippen LogP contribution is 2.35. The van der Waals surface area contributed by atoms with Crippen LogP contribution >= 0.6 is 11.8 Å². The molecule has 0 unspecified atom stereocenters. The lowest BCUT2D eigenvalue weighted by molar-refractivity contribution is 0.251. The summed E-state index contributed by atoms with van der Waals surface area (Å²) in [5.74, 6) is 0.0152. The summed E-state index contributed by atoms with van der Waals surface area (Å²) < 4.78 is 20.0. The van der Waals surface area contributed by atoms with Gasteiger partial charge in [0.25, 0.3) is 0 Å². The van der Waals surface area contributed by atoms with E-state index >= 15 is 0 Å². The second kappa shape index (κ2) is 7.57. The quantitative estimate of drug-likeness (QED) is 0.736. The number of ether oxygens (including phenoxy) is 1. The molecule has 3 rings (SSSR count). The normalized spacial score (nSPS) is 13.2. The topological polar surface area (TPSA) is 63.2 Å². The number of halogens is 1. The molecule has 1 aliphatic rings.